The molecule has 594 valence electrons. The van der Waals surface area contributed by atoms with Crippen LogP contribution < -0.4 is 14.7 Å². The van der Waals surface area contributed by atoms with Crippen molar-refractivity contribution in [3.05, 3.63) is 460 Å². The van der Waals surface area contributed by atoms with Crippen LogP contribution >= 0.6 is 0 Å². The average molecular weight is 1600 g/mol. The lowest BCUT2D eigenvalue weighted by Gasteiger charge is -2.48. The SMILES string of the molecule is CCCCc1ccc(N2c3ccccc3C3(c4cc(-c5ccc([N+](=O)[O-])cc5)ccc4-c4c3c3c(c5c4C4(c6cc(-c7ccc([N+](=O)[O-])cc7)ccc6-5)c5ccccc5N(c5ccc(CCCC)cc5)c5ccccc54)C4(c5cc(-c6ccc([N+](=O)[O-])cc6)ccc5-3)c3ccccc3N(c3ccc(CCCC)cc3)c3ccccc34)c3ccccc32)cc1. The molecule has 22 rings (SSSR count). The summed E-state index contributed by atoms with van der Waals surface area (Å²) in [5.74, 6) is 0. The largest absolute Gasteiger partial charge is 0.310 e. The number of fused-ring (bicyclic) bond motifs is 30. The van der Waals surface area contributed by atoms with E-state index < -0.39 is 16.2 Å². The third-order valence-corrected chi connectivity index (χ3v) is 27.3. The molecule has 0 amide bonds. The summed E-state index contributed by atoms with van der Waals surface area (Å²) in [6.07, 6.45) is 9.37. The number of hydrogen-bond acceptors (Lipinski definition) is 9. The quantitative estimate of drug-likeness (QED) is 0.0607. The predicted octanol–water partition coefficient (Wildman–Crippen LogP) is 28.9. The minimum Gasteiger partial charge on any atom is -0.310 e. The summed E-state index contributed by atoms with van der Waals surface area (Å²) in [7, 11) is 0. The highest BCUT2D eigenvalue weighted by atomic mass is 16.6. The van der Waals surface area contributed by atoms with Gasteiger partial charge in [-0.05, 0) is 316 Å². The van der Waals surface area contributed by atoms with Gasteiger partial charge in [-0.15, -0.1) is 0 Å². The number of nitro benzene ring substituents is 3. The van der Waals surface area contributed by atoms with Gasteiger partial charge < -0.3 is 14.7 Å². The number of hydrogen-bond donors (Lipinski definition) is 0. The molecule has 3 spiro atoms. The zero-order valence-corrected chi connectivity index (χ0v) is 68.4. The molecular formula is C111H84N6O6. The van der Waals surface area contributed by atoms with Gasteiger partial charge in [0.1, 0.15) is 0 Å². The summed E-state index contributed by atoms with van der Waals surface area (Å²) in [6, 6.07) is 124. The Hall–Kier alpha value is -14.9. The zero-order valence-electron chi connectivity index (χ0n) is 68.4. The molecule has 0 aromatic heterocycles. The van der Waals surface area contributed by atoms with Crippen LogP contribution in [0.3, 0.4) is 0 Å². The Morgan fingerprint density at radius 3 is 0.667 bits per heavy atom. The summed E-state index contributed by atoms with van der Waals surface area (Å²) >= 11 is 0. The van der Waals surface area contributed by atoms with E-state index in [1.807, 2.05) is 36.4 Å². The standard InChI is InChI=1S/C111H84N6O6/c1-4-7-22-70-37-52-79(53-38-70)112-97-31-16-10-25-88(97)109(89-26-11-17-32-98(89)112)94-67-76(73-43-58-82(59-44-73)115(118)119)49-64-85(94)103-106(109)104-86-65-50-77(74-45-60-83(61-46-74)116(120)121)68-95(86)110(90-27-12-18-33-99(90)113(100-34-19-13-28-91(100)110)80-54-39-71(40-55-80)23-8-5-2)108(104)105-87-66-51-78(75-47-62-84(63-48-75)117(122)123)69-96(87)111(107(103)105)92-29-14-20-35-101(92)114(102-36-21-15-30-93(102)111)81-56-41-72(42-57-81)24-9-6-3/h10-21,25-69H,4-9,22-24H2,1-3H3. The van der Waals surface area contributed by atoms with Crippen LogP contribution in [0, 0.1) is 30.3 Å². The van der Waals surface area contributed by atoms with Crippen LogP contribution in [0.15, 0.2) is 346 Å². The van der Waals surface area contributed by atoms with Gasteiger partial charge in [0.05, 0.1) is 65.1 Å². The Morgan fingerprint density at radius 2 is 0.455 bits per heavy atom. The smallest absolute Gasteiger partial charge is 0.269 e. The third kappa shape index (κ3) is 10.9. The molecule has 0 saturated heterocycles. The Morgan fingerprint density at radius 1 is 0.244 bits per heavy atom. The Kier molecular flexibility index (Phi) is 17.5. The Balaban J connectivity index is 0.970. The molecule has 0 atom stereocenters. The fourth-order valence-corrected chi connectivity index (χ4v) is 22.0. The number of nitro groups is 3. The molecule has 3 heterocycles. The molecule has 0 radical (unpaired) electrons. The lowest BCUT2D eigenvalue weighted by molar-refractivity contribution is -0.385. The number of nitrogens with zero attached hydrogens (tertiary/aromatic N) is 6. The first-order chi connectivity index (χ1) is 60.4. The van der Waals surface area contributed by atoms with Gasteiger partial charge in [0.2, 0.25) is 0 Å². The van der Waals surface area contributed by atoms with E-state index in [1.54, 1.807) is 36.4 Å². The first-order valence-corrected chi connectivity index (χ1v) is 43.1. The Labute approximate surface area is 714 Å². The van der Waals surface area contributed by atoms with E-state index in [1.165, 1.54) is 16.7 Å². The maximum Gasteiger partial charge on any atom is 0.269 e. The Bertz CT molecular complexity index is 6220. The second-order valence-electron chi connectivity index (χ2n) is 33.6. The van der Waals surface area contributed by atoms with Crippen molar-refractivity contribution in [2.45, 2.75) is 94.8 Å². The number of aryl methyl sites for hydroxylation is 3. The number of anilines is 9. The van der Waals surface area contributed by atoms with Crippen molar-refractivity contribution >= 4 is 68.2 Å². The van der Waals surface area contributed by atoms with Crippen LogP contribution in [0.5, 0.6) is 0 Å². The number of unbranched alkanes of at least 4 members (excludes halogenated alkanes) is 3. The van der Waals surface area contributed by atoms with Gasteiger partial charge in [0.25, 0.3) is 17.1 Å². The minimum absolute atomic E-state index is 0.000594. The van der Waals surface area contributed by atoms with Gasteiger partial charge in [-0.1, -0.05) is 222 Å². The van der Waals surface area contributed by atoms with Crippen molar-refractivity contribution in [2.24, 2.45) is 0 Å². The molecule has 16 aromatic rings. The number of non-ortho nitro benzene ring substituents is 3. The van der Waals surface area contributed by atoms with Gasteiger partial charge in [-0.3, -0.25) is 30.3 Å². The van der Waals surface area contributed by atoms with Gasteiger partial charge in [0.15, 0.2) is 0 Å². The average Bonchev–Trinajstić information content (AvgIpc) is 1.45. The van der Waals surface area contributed by atoms with E-state index >= 15 is 0 Å². The van der Waals surface area contributed by atoms with Crippen molar-refractivity contribution in [3.8, 4) is 66.8 Å². The molecule has 12 heteroatoms. The normalized spacial score (nSPS) is 14.1. The maximum absolute atomic E-state index is 12.7. The number of benzene rings is 16. The van der Waals surface area contributed by atoms with Crippen molar-refractivity contribution in [1.29, 1.82) is 0 Å². The summed E-state index contributed by atoms with van der Waals surface area (Å²) in [6.45, 7) is 6.72. The molecular weight excluding hydrogens is 1510 g/mol. The molecule has 0 N–H and O–H groups in total. The van der Waals surface area contributed by atoms with Crippen molar-refractivity contribution < 1.29 is 14.8 Å². The number of para-hydroxylation sites is 6. The van der Waals surface area contributed by atoms with Crippen LogP contribution in [0.1, 0.15) is 143 Å². The molecule has 0 bridgehead atoms. The van der Waals surface area contributed by atoms with Gasteiger partial charge in [0, 0.05) is 53.5 Å². The summed E-state index contributed by atoms with van der Waals surface area (Å²) in [4.78, 5) is 44.5. The van der Waals surface area contributed by atoms with Crippen molar-refractivity contribution in [2.75, 3.05) is 14.7 Å². The third-order valence-electron chi connectivity index (χ3n) is 27.3. The van der Waals surface area contributed by atoms with E-state index in [4.69, 9.17) is 0 Å². The van der Waals surface area contributed by atoms with Crippen LogP contribution in [0.4, 0.5) is 68.2 Å². The molecule has 6 aliphatic rings. The fraction of sp³-hybridized carbons (Fsp3) is 0.135. The van der Waals surface area contributed by atoms with E-state index in [2.05, 4.69) is 308 Å². The lowest BCUT2D eigenvalue weighted by atomic mass is 9.58. The second-order valence-corrected chi connectivity index (χ2v) is 33.6. The topological polar surface area (TPSA) is 139 Å². The second kappa shape index (κ2) is 29.0. The van der Waals surface area contributed by atoms with Crippen LogP contribution in [0.25, 0.3) is 66.8 Å². The minimum atomic E-state index is -1.23. The van der Waals surface area contributed by atoms with E-state index in [9.17, 15) is 30.3 Å². The first-order valence-electron chi connectivity index (χ1n) is 43.1. The molecule has 3 aliphatic heterocycles. The van der Waals surface area contributed by atoms with Gasteiger partial charge in [-0.25, -0.2) is 0 Å². The molecule has 12 nitrogen and oxygen atoms in total. The summed E-state index contributed by atoms with van der Waals surface area (Å²) < 4.78 is 0. The summed E-state index contributed by atoms with van der Waals surface area (Å²) in [5.41, 5.74) is 33.5. The van der Waals surface area contributed by atoms with E-state index in [0.29, 0.717) is 0 Å². The van der Waals surface area contributed by atoms with E-state index in [0.717, 1.165) is 242 Å². The van der Waals surface area contributed by atoms with Crippen LogP contribution in [-0.4, -0.2) is 14.8 Å². The first kappa shape index (κ1) is 74.4. The predicted molar refractivity (Wildman–Crippen MR) is 495 cm³/mol. The highest BCUT2D eigenvalue weighted by Crippen LogP contribution is 2.78. The van der Waals surface area contributed by atoms with Crippen molar-refractivity contribution in [1.82, 2.24) is 0 Å². The highest BCUT2D eigenvalue weighted by molar-refractivity contribution is 6.14. The zero-order chi connectivity index (χ0) is 83.1. The van der Waals surface area contributed by atoms with Gasteiger partial charge >= 0.3 is 0 Å². The molecule has 123 heavy (non-hydrogen) atoms. The van der Waals surface area contributed by atoms with Gasteiger partial charge in [-0.2, -0.15) is 0 Å². The maximum atomic E-state index is 12.7. The van der Waals surface area contributed by atoms with Crippen LogP contribution in [-0.2, 0) is 35.5 Å². The molecule has 3 aliphatic carbocycles. The number of rotatable bonds is 18. The molecule has 0 unspecified atom stereocenters. The van der Waals surface area contributed by atoms with Crippen LogP contribution in [0.2, 0.25) is 0 Å². The van der Waals surface area contributed by atoms with Crippen molar-refractivity contribution in [3.63, 3.8) is 0 Å². The molecule has 0 fully saturated rings. The molecule has 0 saturated carbocycles. The van der Waals surface area contributed by atoms with E-state index in [-0.39, 0.29) is 31.8 Å². The summed E-state index contributed by atoms with van der Waals surface area (Å²) in [5, 5.41) is 38.1. The lowest BCUT2D eigenvalue weighted by Crippen LogP contribution is -2.39. The highest BCUT2D eigenvalue weighted by Gasteiger charge is 2.65. The monoisotopic (exact) mass is 1600 g/mol. The molecule has 16 aromatic carbocycles. The fourth-order valence-electron chi connectivity index (χ4n) is 22.0.